The maximum atomic E-state index is 12.9. The largest absolute Gasteiger partial charge is 0.399 e. The van der Waals surface area contributed by atoms with E-state index in [0.717, 1.165) is 10.1 Å². The van der Waals surface area contributed by atoms with Gasteiger partial charge in [-0.3, -0.25) is 14.3 Å². The van der Waals surface area contributed by atoms with Crippen LogP contribution in [-0.2, 0) is 6.54 Å². The number of nitrogen functional groups attached to an aromatic ring is 1. The highest BCUT2D eigenvalue weighted by Gasteiger charge is 2.24. The molecule has 150 valence electrons. The van der Waals surface area contributed by atoms with Gasteiger partial charge < -0.3 is 10.6 Å². The molecule has 1 saturated heterocycles. The predicted octanol–water partition coefficient (Wildman–Crippen LogP) is 2.97. The summed E-state index contributed by atoms with van der Waals surface area (Å²) in [7, 11) is 0. The van der Waals surface area contributed by atoms with Crippen molar-refractivity contribution in [1.29, 1.82) is 0 Å². The summed E-state index contributed by atoms with van der Waals surface area (Å²) in [6.07, 6.45) is 2.66. The third-order valence-corrected chi connectivity index (χ3v) is 4.48. The molecular formula is C17H23Cl2F2N5O. The monoisotopic (exact) mass is 421 g/mol. The van der Waals surface area contributed by atoms with Gasteiger partial charge in [-0.05, 0) is 24.6 Å². The van der Waals surface area contributed by atoms with Crippen LogP contribution < -0.4 is 5.73 Å². The van der Waals surface area contributed by atoms with E-state index < -0.39 is 6.55 Å². The van der Waals surface area contributed by atoms with Gasteiger partial charge in [0.15, 0.2) is 0 Å². The number of imidazole rings is 1. The molecule has 0 atom stereocenters. The van der Waals surface area contributed by atoms with Crippen molar-refractivity contribution in [3.63, 3.8) is 0 Å². The van der Waals surface area contributed by atoms with Gasteiger partial charge in [-0.15, -0.1) is 24.8 Å². The maximum Gasteiger partial charge on any atom is 0.319 e. The van der Waals surface area contributed by atoms with Gasteiger partial charge >= 0.3 is 6.55 Å². The fraction of sp³-hybridized carbons (Fsp3) is 0.412. The molecule has 0 saturated carbocycles. The van der Waals surface area contributed by atoms with Crippen LogP contribution in [0.2, 0.25) is 0 Å². The molecule has 6 nitrogen and oxygen atoms in total. The van der Waals surface area contributed by atoms with Gasteiger partial charge in [-0.25, -0.2) is 4.98 Å². The SMILES string of the molecule is Cc1ccc(N)cc1C(=O)N1CCN(Cc2nccn2C(F)F)CC1.Cl.Cl. The van der Waals surface area contributed by atoms with Crippen molar-refractivity contribution in [1.82, 2.24) is 19.4 Å². The zero-order chi connectivity index (χ0) is 18.0. The molecule has 3 rings (SSSR count). The highest BCUT2D eigenvalue weighted by Crippen LogP contribution is 2.18. The van der Waals surface area contributed by atoms with E-state index in [2.05, 4.69) is 4.98 Å². The van der Waals surface area contributed by atoms with Crippen LogP contribution in [0.1, 0.15) is 28.3 Å². The zero-order valence-electron chi connectivity index (χ0n) is 14.8. The highest BCUT2D eigenvalue weighted by atomic mass is 35.5. The molecule has 0 unspecified atom stereocenters. The third kappa shape index (κ3) is 5.31. The van der Waals surface area contributed by atoms with Gasteiger partial charge in [0.1, 0.15) is 5.82 Å². The van der Waals surface area contributed by atoms with Gasteiger partial charge in [0.05, 0.1) is 6.54 Å². The lowest BCUT2D eigenvalue weighted by Gasteiger charge is -2.34. The van der Waals surface area contributed by atoms with Crippen molar-refractivity contribution in [3.8, 4) is 0 Å². The summed E-state index contributed by atoms with van der Waals surface area (Å²) in [6, 6.07) is 5.31. The van der Waals surface area contributed by atoms with E-state index in [9.17, 15) is 13.6 Å². The Morgan fingerprint density at radius 3 is 2.52 bits per heavy atom. The molecule has 27 heavy (non-hydrogen) atoms. The molecule has 0 spiro atoms. The second-order valence-electron chi connectivity index (χ2n) is 6.17. The van der Waals surface area contributed by atoms with Crippen molar-refractivity contribution in [2.45, 2.75) is 20.0 Å². The van der Waals surface area contributed by atoms with Crippen LogP contribution in [0.4, 0.5) is 14.5 Å². The first-order valence-corrected chi connectivity index (χ1v) is 8.13. The van der Waals surface area contributed by atoms with Crippen molar-refractivity contribution in [2.75, 3.05) is 31.9 Å². The normalized spacial score (nSPS) is 14.6. The standard InChI is InChI=1S/C17H21F2N5O.2ClH/c1-12-2-3-13(20)10-14(12)16(25)23-8-6-22(7-9-23)11-15-21-4-5-24(15)17(18)19;;/h2-5,10,17H,6-9,11,20H2,1H3;2*1H. The molecule has 1 amide bonds. The minimum atomic E-state index is -2.59. The van der Waals surface area contributed by atoms with E-state index in [1.165, 1.54) is 12.4 Å². The third-order valence-electron chi connectivity index (χ3n) is 4.48. The van der Waals surface area contributed by atoms with Crippen LogP contribution in [0.25, 0.3) is 0 Å². The fourth-order valence-electron chi connectivity index (χ4n) is 2.99. The van der Waals surface area contributed by atoms with Gasteiger partial charge in [0.25, 0.3) is 5.91 Å². The van der Waals surface area contributed by atoms with E-state index in [1.807, 2.05) is 17.9 Å². The molecule has 1 aliphatic rings. The molecule has 0 aliphatic carbocycles. The van der Waals surface area contributed by atoms with E-state index in [-0.39, 0.29) is 30.7 Å². The van der Waals surface area contributed by atoms with Crippen molar-refractivity contribution in [2.24, 2.45) is 0 Å². The number of hydrogen-bond acceptors (Lipinski definition) is 4. The quantitative estimate of drug-likeness (QED) is 0.770. The second kappa shape index (κ2) is 9.87. The van der Waals surface area contributed by atoms with Crippen molar-refractivity contribution >= 4 is 36.4 Å². The van der Waals surface area contributed by atoms with Crippen LogP contribution in [0.3, 0.4) is 0 Å². The Morgan fingerprint density at radius 2 is 1.89 bits per heavy atom. The Balaban J connectivity index is 0.00000182. The Bertz CT molecular complexity index is 764. The molecule has 0 radical (unpaired) electrons. The van der Waals surface area contributed by atoms with Gasteiger partial charge in [-0.2, -0.15) is 8.78 Å². The predicted molar refractivity (Wildman–Crippen MR) is 105 cm³/mol. The Labute approximate surface area is 169 Å². The lowest BCUT2D eigenvalue weighted by Crippen LogP contribution is -2.48. The van der Waals surface area contributed by atoms with E-state index in [4.69, 9.17) is 5.73 Å². The molecule has 1 fully saturated rings. The number of benzene rings is 1. The van der Waals surface area contributed by atoms with E-state index in [0.29, 0.717) is 49.8 Å². The molecule has 1 aromatic carbocycles. The first kappa shape index (κ1) is 23.1. The summed E-state index contributed by atoms with van der Waals surface area (Å²) >= 11 is 0. The first-order valence-electron chi connectivity index (χ1n) is 8.13. The minimum Gasteiger partial charge on any atom is -0.399 e. The van der Waals surface area contributed by atoms with Crippen molar-refractivity contribution < 1.29 is 13.6 Å². The molecule has 1 aromatic heterocycles. The number of carbonyl (C=O) groups excluding carboxylic acids is 1. The highest BCUT2D eigenvalue weighted by molar-refractivity contribution is 5.96. The summed E-state index contributed by atoms with van der Waals surface area (Å²) in [5, 5.41) is 0. The van der Waals surface area contributed by atoms with Gasteiger partial charge in [-0.1, -0.05) is 6.07 Å². The Morgan fingerprint density at radius 1 is 1.22 bits per heavy atom. The molecule has 10 heteroatoms. The molecule has 2 N–H and O–H groups in total. The number of aryl methyl sites for hydroxylation is 1. The molecule has 0 bridgehead atoms. The number of nitrogens with two attached hydrogens (primary N) is 1. The topological polar surface area (TPSA) is 67.4 Å². The lowest BCUT2D eigenvalue weighted by atomic mass is 10.1. The second-order valence-corrected chi connectivity index (χ2v) is 6.17. The number of nitrogens with zero attached hydrogens (tertiary/aromatic N) is 4. The number of piperazine rings is 1. The summed E-state index contributed by atoms with van der Waals surface area (Å²) in [5.74, 6) is 0.292. The van der Waals surface area contributed by atoms with Crippen LogP contribution in [0.15, 0.2) is 30.6 Å². The first-order chi connectivity index (χ1) is 12.0. The van der Waals surface area contributed by atoms with Crippen LogP contribution in [0, 0.1) is 6.92 Å². The number of rotatable bonds is 4. The average Bonchev–Trinajstić information content (AvgIpc) is 3.05. The molecule has 2 heterocycles. The Hall–Kier alpha value is -1.90. The summed E-state index contributed by atoms with van der Waals surface area (Å²) < 4.78 is 26.6. The fourth-order valence-corrected chi connectivity index (χ4v) is 2.99. The molecule has 1 aliphatic heterocycles. The van der Waals surface area contributed by atoms with Gasteiger partial charge in [0.2, 0.25) is 0 Å². The van der Waals surface area contributed by atoms with Crippen LogP contribution in [0.5, 0.6) is 0 Å². The average molecular weight is 422 g/mol. The number of anilines is 1. The number of alkyl halides is 2. The smallest absolute Gasteiger partial charge is 0.319 e. The molecular weight excluding hydrogens is 399 g/mol. The van der Waals surface area contributed by atoms with Crippen LogP contribution >= 0.6 is 24.8 Å². The summed E-state index contributed by atoms with van der Waals surface area (Å²) in [6.45, 7) is 1.95. The minimum absolute atomic E-state index is 0. The lowest BCUT2D eigenvalue weighted by molar-refractivity contribution is 0.0555. The number of aromatic nitrogens is 2. The molecule has 2 aromatic rings. The number of hydrogen-bond donors (Lipinski definition) is 1. The number of carbonyl (C=O) groups is 1. The van der Waals surface area contributed by atoms with E-state index in [1.54, 1.807) is 17.0 Å². The zero-order valence-corrected chi connectivity index (χ0v) is 16.5. The number of halogens is 4. The summed E-state index contributed by atoms with van der Waals surface area (Å²) in [4.78, 5) is 20.5. The van der Waals surface area contributed by atoms with Crippen LogP contribution in [-0.4, -0.2) is 51.4 Å². The summed E-state index contributed by atoms with van der Waals surface area (Å²) in [5.41, 5.74) is 7.85. The maximum absolute atomic E-state index is 12.9. The number of amides is 1. The Kier molecular flexibility index (Phi) is 8.46. The van der Waals surface area contributed by atoms with Gasteiger partial charge in [0, 0.05) is 49.8 Å². The van der Waals surface area contributed by atoms with Crippen molar-refractivity contribution in [3.05, 3.63) is 47.5 Å². The van der Waals surface area contributed by atoms with E-state index >= 15 is 0 Å².